The summed E-state index contributed by atoms with van der Waals surface area (Å²) in [4.78, 5) is 2.38. The Bertz CT molecular complexity index is 516. The van der Waals surface area contributed by atoms with Gasteiger partial charge in [-0.15, -0.1) is 0 Å². The van der Waals surface area contributed by atoms with Crippen LogP contribution < -0.4 is 4.72 Å². The number of nitrogens with one attached hydrogen (secondary N) is 1. The first kappa shape index (κ1) is 14.4. The van der Waals surface area contributed by atoms with Crippen molar-refractivity contribution in [2.75, 3.05) is 19.6 Å². The van der Waals surface area contributed by atoms with E-state index in [9.17, 15) is 12.8 Å². The van der Waals surface area contributed by atoms with Gasteiger partial charge in [0.2, 0.25) is 10.0 Å². The topological polar surface area (TPSA) is 49.4 Å². The molecule has 0 spiro atoms. The minimum absolute atomic E-state index is 0.106. The molecule has 1 atom stereocenters. The molecule has 4 nitrogen and oxygen atoms in total. The van der Waals surface area contributed by atoms with Gasteiger partial charge < -0.3 is 0 Å². The van der Waals surface area contributed by atoms with Crippen LogP contribution in [0.25, 0.3) is 0 Å². The summed E-state index contributed by atoms with van der Waals surface area (Å²) in [5.41, 5.74) is 0. The molecule has 1 aliphatic rings. The Balaban J connectivity index is 2.00. The van der Waals surface area contributed by atoms with E-state index in [1.165, 1.54) is 12.1 Å². The van der Waals surface area contributed by atoms with Gasteiger partial charge in [-0.05, 0) is 50.2 Å². The van der Waals surface area contributed by atoms with Gasteiger partial charge in [0.25, 0.3) is 0 Å². The van der Waals surface area contributed by atoms with Crippen molar-refractivity contribution < 1.29 is 12.8 Å². The summed E-state index contributed by atoms with van der Waals surface area (Å²) >= 11 is 0. The lowest BCUT2D eigenvalue weighted by Crippen LogP contribution is -2.39. The normalized spacial score (nSPS) is 20.8. The van der Waals surface area contributed by atoms with Gasteiger partial charge in [-0.25, -0.2) is 17.5 Å². The molecule has 1 aromatic carbocycles. The average molecular weight is 286 g/mol. The summed E-state index contributed by atoms with van der Waals surface area (Å²) in [6, 6.07) is 5.14. The third kappa shape index (κ3) is 3.52. The SMILES string of the molecule is CCN1CCCC1CNS(=O)(=O)c1ccc(F)cc1. The number of likely N-dealkylation sites (tertiary alicyclic amines) is 1. The Morgan fingerprint density at radius 1 is 1.37 bits per heavy atom. The second-order valence-electron chi connectivity index (χ2n) is 4.73. The molecule has 2 rings (SSSR count). The predicted molar refractivity (Wildman–Crippen MR) is 71.9 cm³/mol. The number of halogens is 1. The van der Waals surface area contributed by atoms with Gasteiger partial charge in [0.05, 0.1) is 4.90 Å². The van der Waals surface area contributed by atoms with Crippen LogP contribution in [0, 0.1) is 5.82 Å². The maximum absolute atomic E-state index is 12.8. The van der Waals surface area contributed by atoms with Crippen molar-refractivity contribution in [1.29, 1.82) is 0 Å². The maximum atomic E-state index is 12.8. The van der Waals surface area contributed by atoms with Gasteiger partial charge in [0.1, 0.15) is 5.82 Å². The Labute approximate surface area is 113 Å². The van der Waals surface area contributed by atoms with Crippen LogP contribution in [0.1, 0.15) is 19.8 Å². The molecule has 1 saturated heterocycles. The molecule has 0 aromatic heterocycles. The molecule has 19 heavy (non-hydrogen) atoms. The fourth-order valence-electron chi connectivity index (χ4n) is 2.45. The van der Waals surface area contributed by atoms with Crippen LogP contribution in [0.15, 0.2) is 29.2 Å². The largest absolute Gasteiger partial charge is 0.299 e. The Morgan fingerprint density at radius 3 is 2.68 bits per heavy atom. The molecule has 1 aliphatic heterocycles. The summed E-state index contributed by atoms with van der Waals surface area (Å²) in [7, 11) is -3.54. The lowest BCUT2D eigenvalue weighted by atomic mass is 10.2. The molecule has 1 fully saturated rings. The fraction of sp³-hybridized carbons (Fsp3) is 0.538. The lowest BCUT2D eigenvalue weighted by molar-refractivity contribution is 0.268. The van der Waals surface area contributed by atoms with E-state index in [4.69, 9.17) is 0 Å². The molecule has 106 valence electrons. The number of hydrogen-bond donors (Lipinski definition) is 1. The number of nitrogens with zero attached hydrogens (tertiary/aromatic N) is 1. The molecule has 1 aromatic rings. The molecule has 1 N–H and O–H groups in total. The van der Waals surface area contributed by atoms with Crippen LogP contribution in [0.3, 0.4) is 0 Å². The smallest absolute Gasteiger partial charge is 0.240 e. The maximum Gasteiger partial charge on any atom is 0.240 e. The van der Waals surface area contributed by atoms with Crippen molar-refractivity contribution in [2.45, 2.75) is 30.7 Å². The van der Waals surface area contributed by atoms with Crippen molar-refractivity contribution in [3.05, 3.63) is 30.1 Å². The molecule has 0 amide bonds. The van der Waals surface area contributed by atoms with Crippen molar-refractivity contribution in [1.82, 2.24) is 9.62 Å². The van der Waals surface area contributed by atoms with E-state index in [0.717, 1.165) is 38.1 Å². The van der Waals surface area contributed by atoms with E-state index >= 15 is 0 Å². The van der Waals surface area contributed by atoms with Crippen molar-refractivity contribution in [3.63, 3.8) is 0 Å². The minimum atomic E-state index is -3.54. The molecule has 0 aliphatic carbocycles. The Kier molecular flexibility index (Phi) is 4.54. The van der Waals surface area contributed by atoms with Crippen LogP contribution in [-0.2, 0) is 10.0 Å². The fourth-order valence-corrected chi connectivity index (χ4v) is 3.52. The molecule has 6 heteroatoms. The highest BCUT2D eigenvalue weighted by molar-refractivity contribution is 7.89. The summed E-state index contributed by atoms with van der Waals surface area (Å²) in [5.74, 6) is -0.438. The summed E-state index contributed by atoms with van der Waals surface area (Å²) in [6.45, 7) is 4.45. The van der Waals surface area contributed by atoms with Crippen LogP contribution >= 0.6 is 0 Å². The Morgan fingerprint density at radius 2 is 2.05 bits per heavy atom. The number of benzene rings is 1. The molecular formula is C13H19FN2O2S. The van der Waals surface area contributed by atoms with Gasteiger partial charge in [-0.3, -0.25) is 4.90 Å². The van der Waals surface area contributed by atoms with Crippen LogP contribution in [0.2, 0.25) is 0 Å². The van der Waals surface area contributed by atoms with Crippen LogP contribution in [-0.4, -0.2) is 39.0 Å². The van der Waals surface area contributed by atoms with Gasteiger partial charge >= 0.3 is 0 Å². The quantitative estimate of drug-likeness (QED) is 0.894. The number of hydrogen-bond acceptors (Lipinski definition) is 3. The van der Waals surface area contributed by atoms with E-state index in [0.29, 0.717) is 6.54 Å². The van der Waals surface area contributed by atoms with E-state index in [2.05, 4.69) is 16.5 Å². The molecule has 1 unspecified atom stereocenters. The molecular weight excluding hydrogens is 267 g/mol. The van der Waals surface area contributed by atoms with Gasteiger partial charge in [0.15, 0.2) is 0 Å². The first-order chi connectivity index (χ1) is 9.03. The highest BCUT2D eigenvalue weighted by Crippen LogP contribution is 2.17. The molecule has 0 radical (unpaired) electrons. The standard InChI is InChI=1S/C13H19FN2O2S/c1-2-16-9-3-4-12(16)10-15-19(17,18)13-7-5-11(14)6-8-13/h5-8,12,15H,2-4,9-10H2,1H3. The van der Waals surface area contributed by atoms with Crippen LogP contribution in [0.4, 0.5) is 4.39 Å². The van der Waals surface area contributed by atoms with Gasteiger partial charge in [-0.1, -0.05) is 6.92 Å². The number of sulfonamides is 1. The number of rotatable bonds is 5. The summed E-state index contributed by atoms with van der Waals surface area (Å²) < 4.78 is 39.5. The first-order valence-corrected chi connectivity index (χ1v) is 8.00. The highest BCUT2D eigenvalue weighted by atomic mass is 32.2. The zero-order chi connectivity index (χ0) is 13.9. The molecule has 1 heterocycles. The highest BCUT2D eigenvalue weighted by Gasteiger charge is 2.24. The third-order valence-electron chi connectivity index (χ3n) is 3.54. The van der Waals surface area contributed by atoms with Gasteiger partial charge in [0, 0.05) is 12.6 Å². The van der Waals surface area contributed by atoms with Gasteiger partial charge in [-0.2, -0.15) is 0 Å². The molecule has 0 saturated carbocycles. The van der Waals surface area contributed by atoms with Crippen LogP contribution in [0.5, 0.6) is 0 Å². The van der Waals surface area contributed by atoms with E-state index in [1.807, 2.05) is 0 Å². The summed E-state index contributed by atoms with van der Waals surface area (Å²) in [5, 5.41) is 0. The average Bonchev–Trinajstić information content (AvgIpc) is 2.84. The summed E-state index contributed by atoms with van der Waals surface area (Å²) in [6.07, 6.45) is 2.12. The third-order valence-corrected chi connectivity index (χ3v) is 4.98. The Hall–Kier alpha value is -0.980. The lowest BCUT2D eigenvalue weighted by Gasteiger charge is -2.22. The van der Waals surface area contributed by atoms with Crippen molar-refractivity contribution in [3.8, 4) is 0 Å². The van der Waals surface area contributed by atoms with Crippen molar-refractivity contribution >= 4 is 10.0 Å². The van der Waals surface area contributed by atoms with E-state index in [1.54, 1.807) is 0 Å². The second kappa shape index (κ2) is 5.98. The van der Waals surface area contributed by atoms with Crippen molar-refractivity contribution in [2.24, 2.45) is 0 Å². The first-order valence-electron chi connectivity index (χ1n) is 6.52. The predicted octanol–water partition coefficient (Wildman–Crippen LogP) is 1.59. The second-order valence-corrected chi connectivity index (χ2v) is 6.50. The monoisotopic (exact) mass is 286 g/mol. The van der Waals surface area contributed by atoms with E-state index in [-0.39, 0.29) is 10.9 Å². The zero-order valence-corrected chi connectivity index (χ0v) is 11.8. The van der Waals surface area contributed by atoms with E-state index < -0.39 is 15.8 Å². The zero-order valence-electron chi connectivity index (χ0n) is 11.0. The minimum Gasteiger partial charge on any atom is -0.299 e. The molecule has 0 bridgehead atoms. The number of likely N-dealkylation sites (N-methyl/N-ethyl adjacent to an activating group) is 1.